The molecule has 108 valence electrons. The summed E-state index contributed by atoms with van der Waals surface area (Å²) in [6, 6.07) is 6.87. The quantitative estimate of drug-likeness (QED) is 0.814. The Hall–Kier alpha value is -2.04. The van der Waals surface area contributed by atoms with Crippen LogP contribution in [0.2, 0.25) is 0 Å². The van der Waals surface area contributed by atoms with Gasteiger partial charge in [0, 0.05) is 12.1 Å². The Labute approximate surface area is 118 Å². The van der Waals surface area contributed by atoms with Gasteiger partial charge in [-0.1, -0.05) is 32.0 Å². The van der Waals surface area contributed by atoms with Crippen molar-refractivity contribution < 1.29 is 14.3 Å². The first-order valence-corrected chi connectivity index (χ1v) is 6.75. The zero-order valence-corrected chi connectivity index (χ0v) is 12.0. The standard InChI is InChI=1S/C15H20N2O3/c1-9(2)13(15(19)20-3)17-14(18)12-8-10-6-4-5-7-11(10)16-12/h4-7,9,12-13,16H,8H2,1-3H3,(H,17,18)/t12-,13?/m0/s1. The lowest BCUT2D eigenvalue weighted by Gasteiger charge is -2.22. The van der Waals surface area contributed by atoms with E-state index in [-0.39, 0.29) is 17.9 Å². The van der Waals surface area contributed by atoms with Crippen molar-refractivity contribution in [1.82, 2.24) is 5.32 Å². The van der Waals surface area contributed by atoms with E-state index < -0.39 is 12.0 Å². The molecule has 5 nitrogen and oxygen atoms in total. The van der Waals surface area contributed by atoms with Crippen LogP contribution in [0.1, 0.15) is 19.4 Å². The van der Waals surface area contributed by atoms with E-state index in [4.69, 9.17) is 4.74 Å². The fourth-order valence-electron chi connectivity index (χ4n) is 2.33. The van der Waals surface area contributed by atoms with Crippen molar-refractivity contribution in [3.05, 3.63) is 29.8 Å². The molecule has 0 aliphatic carbocycles. The zero-order chi connectivity index (χ0) is 14.7. The van der Waals surface area contributed by atoms with E-state index in [1.54, 1.807) is 0 Å². The van der Waals surface area contributed by atoms with Crippen molar-refractivity contribution in [2.45, 2.75) is 32.4 Å². The van der Waals surface area contributed by atoms with Crippen molar-refractivity contribution in [2.75, 3.05) is 12.4 Å². The highest BCUT2D eigenvalue weighted by atomic mass is 16.5. The lowest BCUT2D eigenvalue weighted by molar-refractivity contribution is -0.146. The van der Waals surface area contributed by atoms with Crippen LogP contribution in [0, 0.1) is 5.92 Å². The number of anilines is 1. The predicted octanol–water partition coefficient (Wildman–Crippen LogP) is 1.34. The van der Waals surface area contributed by atoms with Crippen LogP contribution in [0.25, 0.3) is 0 Å². The summed E-state index contributed by atoms with van der Waals surface area (Å²) in [6.07, 6.45) is 0.633. The van der Waals surface area contributed by atoms with E-state index >= 15 is 0 Å². The molecule has 0 aromatic heterocycles. The first-order valence-electron chi connectivity index (χ1n) is 6.75. The van der Waals surface area contributed by atoms with Gasteiger partial charge < -0.3 is 15.4 Å². The average Bonchev–Trinajstić information content (AvgIpc) is 2.87. The average molecular weight is 276 g/mol. The molecule has 1 aromatic rings. The van der Waals surface area contributed by atoms with E-state index in [0.717, 1.165) is 11.3 Å². The van der Waals surface area contributed by atoms with Gasteiger partial charge in [0.2, 0.25) is 5.91 Å². The summed E-state index contributed by atoms with van der Waals surface area (Å²) in [6.45, 7) is 3.75. The Bertz CT molecular complexity index is 489. The van der Waals surface area contributed by atoms with Crippen LogP contribution in [0.5, 0.6) is 0 Å². The third-order valence-electron chi connectivity index (χ3n) is 3.51. The second-order valence-electron chi connectivity index (χ2n) is 5.31. The molecule has 0 fully saturated rings. The topological polar surface area (TPSA) is 67.4 Å². The summed E-state index contributed by atoms with van der Waals surface area (Å²) in [5, 5.41) is 5.94. The van der Waals surface area contributed by atoms with Gasteiger partial charge in [0.15, 0.2) is 0 Å². The number of para-hydroxylation sites is 1. The Balaban J connectivity index is 2.01. The Morgan fingerprint density at radius 3 is 2.65 bits per heavy atom. The molecule has 1 aliphatic rings. The molecule has 1 aromatic carbocycles. The number of amides is 1. The third-order valence-corrected chi connectivity index (χ3v) is 3.51. The van der Waals surface area contributed by atoms with Gasteiger partial charge in [-0.15, -0.1) is 0 Å². The maximum absolute atomic E-state index is 12.3. The van der Waals surface area contributed by atoms with Gasteiger partial charge in [-0.25, -0.2) is 4.79 Å². The lowest BCUT2D eigenvalue weighted by atomic mass is 10.0. The summed E-state index contributed by atoms with van der Waals surface area (Å²) in [5.41, 5.74) is 2.10. The molecule has 0 radical (unpaired) electrons. The van der Waals surface area contributed by atoms with Crippen LogP contribution < -0.4 is 10.6 Å². The molecule has 1 aliphatic heterocycles. The smallest absolute Gasteiger partial charge is 0.328 e. The number of nitrogens with one attached hydrogen (secondary N) is 2. The second-order valence-corrected chi connectivity index (χ2v) is 5.31. The molecule has 0 saturated heterocycles. The highest BCUT2D eigenvalue weighted by Gasteiger charge is 2.31. The number of benzene rings is 1. The number of methoxy groups -OCH3 is 1. The number of rotatable bonds is 4. The number of fused-ring (bicyclic) bond motifs is 1. The Kier molecular flexibility index (Phi) is 4.27. The van der Waals surface area contributed by atoms with Crippen LogP contribution in [-0.2, 0) is 20.7 Å². The maximum atomic E-state index is 12.3. The molecule has 20 heavy (non-hydrogen) atoms. The normalized spacial score (nSPS) is 18.1. The minimum absolute atomic E-state index is 0.0184. The van der Waals surface area contributed by atoms with Crippen LogP contribution in [0.15, 0.2) is 24.3 Å². The number of esters is 1. The van der Waals surface area contributed by atoms with Crippen molar-refractivity contribution in [3.8, 4) is 0 Å². The zero-order valence-electron chi connectivity index (χ0n) is 12.0. The summed E-state index contributed by atoms with van der Waals surface area (Å²) in [5.74, 6) is -0.607. The first kappa shape index (κ1) is 14.4. The molecule has 0 spiro atoms. The van der Waals surface area contributed by atoms with Gasteiger partial charge in [-0.05, 0) is 17.5 Å². The largest absolute Gasteiger partial charge is 0.467 e. The van der Waals surface area contributed by atoms with Gasteiger partial charge >= 0.3 is 5.97 Å². The maximum Gasteiger partial charge on any atom is 0.328 e. The van der Waals surface area contributed by atoms with Crippen molar-refractivity contribution in [3.63, 3.8) is 0 Å². The molecular weight excluding hydrogens is 256 g/mol. The summed E-state index contributed by atoms with van der Waals surface area (Å²) >= 11 is 0. The van der Waals surface area contributed by atoms with Crippen molar-refractivity contribution in [1.29, 1.82) is 0 Å². The van der Waals surface area contributed by atoms with Crippen molar-refractivity contribution >= 4 is 17.6 Å². The highest BCUT2D eigenvalue weighted by Crippen LogP contribution is 2.25. The van der Waals surface area contributed by atoms with Crippen LogP contribution in [0.3, 0.4) is 0 Å². The monoisotopic (exact) mass is 276 g/mol. The van der Waals surface area contributed by atoms with E-state index in [1.807, 2.05) is 38.1 Å². The molecule has 0 saturated carbocycles. The predicted molar refractivity (Wildman–Crippen MR) is 76.3 cm³/mol. The fourth-order valence-corrected chi connectivity index (χ4v) is 2.33. The first-order chi connectivity index (χ1) is 9.52. The fraction of sp³-hybridized carbons (Fsp3) is 0.467. The molecule has 2 N–H and O–H groups in total. The number of carbonyl (C=O) groups excluding carboxylic acids is 2. The molecule has 2 atom stereocenters. The van der Waals surface area contributed by atoms with Crippen LogP contribution in [0.4, 0.5) is 5.69 Å². The molecule has 1 unspecified atom stereocenters. The number of carbonyl (C=O) groups is 2. The van der Waals surface area contributed by atoms with Gasteiger partial charge in [-0.3, -0.25) is 4.79 Å². The summed E-state index contributed by atoms with van der Waals surface area (Å²) in [7, 11) is 1.33. The van der Waals surface area contributed by atoms with E-state index in [9.17, 15) is 9.59 Å². The Morgan fingerprint density at radius 2 is 2.05 bits per heavy atom. The molecular formula is C15H20N2O3. The van der Waals surface area contributed by atoms with Gasteiger partial charge in [0.05, 0.1) is 7.11 Å². The molecule has 5 heteroatoms. The molecule has 1 amide bonds. The second kappa shape index (κ2) is 5.94. The molecule has 0 bridgehead atoms. The minimum atomic E-state index is -0.613. The lowest BCUT2D eigenvalue weighted by Crippen LogP contribution is -2.50. The van der Waals surface area contributed by atoms with Crippen LogP contribution >= 0.6 is 0 Å². The number of hydrogen-bond donors (Lipinski definition) is 2. The minimum Gasteiger partial charge on any atom is -0.467 e. The Morgan fingerprint density at radius 1 is 1.35 bits per heavy atom. The van der Waals surface area contributed by atoms with E-state index in [1.165, 1.54) is 7.11 Å². The summed E-state index contributed by atoms with van der Waals surface area (Å²) in [4.78, 5) is 23.9. The van der Waals surface area contributed by atoms with Gasteiger partial charge in [-0.2, -0.15) is 0 Å². The van der Waals surface area contributed by atoms with Gasteiger partial charge in [0.25, 0.3) is 0 Å². The SMILES string of the molecule is COC(=O)C(NC(=O)[C@@H]1Cc2ccccc2N1)C(C)C. The number of hydrogen-bond acceptors (Lipinski definition) is 4. The van der Waals surface area contributed by atoms with Crippen LogP contribution in [-0.4, -0.2) is 31.1 Å². The third kappa shape index (κ3) is 2.92. The van der Waals surface area contributed by atoms with Gasteiger partial charge in [0.1, 0.15) is 12.1 Å². The highest BCUT2D eigenvalue weighted by molar-refractivity contribution is 5.91. The molecule has 2 rings (SSSR count). The number of ether oxygens (including phenoxy) is 1. The summed E-state index contributed by atoms with van der Waals surface area (Å²) < 4.78 is 4.72. The van der Waals surface area contributed by atoms with E-state index in [2.05, 4.69) is 10.6 Å². The van der Waals surface area contributed by atoms with E-state index in [0.29, 0.717) is 6.42 Å². The van der Waals surface area contributed by atoms with Crippen molar-refractivity contribution in [2.24, 2.45) is 5.92 Å². The molecule has 1 heterocycles.